The fourth-order valence-electron chi connectivity index (χ4n) is 2.44. The van der Waals surface area contributed by atoms with Gasteiger partial charge in [0.2, 0.25) is 0 Å². The molecule has 106 valence electrons. The van der Waals surface area contributed by atoms with Crippen molar-refractivity contribution in [1.82, 2.24) is 14.4 Å². The fourth-order valence-corrected chi connectivity index (χ4v) is 2.44. The molecule has 0 unspecified atom stereocenters. The number of aliphatic hydroxyl groups excluding tert-OH is 1. The second-order valence-corrected chi connectivity index (χ2v) is 5.39. The van der Waals surface area contributed by atoms with Crippen LogP contribution in [0.5, 0.6) is 0 Å². The highest BCUT2D eigenvalue weighted by molar-refractivity contribution is 5.71. The van der Waals surface area contributed by atoms with E-state index in [2.05, 4.69) is 15.3 Å². The lowest BCUT2D eigenvalue weighted by Crippen LogP contribution is -2.05. The van der Waals surface area contributed by atoms with Crippen LogP contribution in [0.4, 0.5) is 5.82 Å². The number of nitrogens with zero attached hydrogens (tertiary/aromatic N) is 3. The summed E-state index contributed by atoms with van der Waals surface area (Å²) in [5, 5.41) is 12.5. The molecule has 0 spiro atoms. The lowest BCUT2D eigenvalue weighted by atomic mass is 10.1. The Kier molecular flexibility index (Phi) is 2.86. The van der Waals surface area contributed by atoms with Gasteiger partial charge >= 0.3 is 0 Å². The van der Waals surface area contributed by atoms with Gasteiger partial charge in [0.25, 0.3) is 0 Å². The SMILES string of the molecule is OCc1ccc(-c2cnc3c(NC4CC4)nccn23)cc1. The van der Waals surface area contributed by atoms with Crippen LogP contribution in [0.15, 0.2) is 42.9 Å². The molecule has 3 aromatic rings. The summed E-state index contributed by atoms with van der Waals surface area (Å²) in [5.74, 6) is 0.846. The van der Waals surface area contributed by atoms with E-state index < -0.39 is 0 Å². The maximum Gasteiger partial charge on any atom is 0.180 e. The maximum atomic E-state index is 9.12. The molecular formula is C16H16N4O. The summed E-state index contributed by atoms with van der Waals surface area (Å²) in [7, 11) is 0. The molecule has 5 nitrogen and oxygen atoms in total. The third kappa shape index (κ3) is 2.25. The monoisotopic (exact) mass is 280 g/mol. The van der Waals surface area contributed by atoms with E-state index in [4.69, 9.17) is 5.11 Å². The molecule has 21 heavy (non-hydrogen) atoms. The Hall–Kier alpha value is -2.40. The highest BCUT2D eigenvalue weighted by atomic mass is 16.3. The standard InChI is InChI=1S/C16H16N4O/c21-10-11-1-3-12(4-2-11)14-9-18-16-15(19-13-5-6-13)17-7-8-20(14)16/h1-4,7-9,13,21H,5-6,10H2,(H,17,19). The molecule has 0 atom stereocenters. The summed E-state index contributed by atoms with van der Waals surface area (Å²) in [6, 6.07) is 8.42. The fraction of sp³-hybridized carbons (Fsp3) is 0.250. The minimum Gasteiger partial charge on any atom is -0.392 e. The number of aliphatic hydroxyl groups is 1. The van der Waals surface area contributed by atoms with Crippen molar-refractivity contribution in [3.63, 3.8) is 0 Å². The van der Waals surface area contributed by atoms with Crippen molar-refractivity contribution in [3.05, 3.63) is 48.4 Å². The predicted octanol–water partition coefficient (Wildman–Crippen LogP) is 2.46. The van der Waals surface area contributed by atoms with Gasteiger partial charge in [0, 0.05) is 24.0 Å². The van der Waals surface area contributed by atoms with Gasteiger partial charge in [0.1, 0.15) is 0 Å². The lowest BCUT2D eigenvalue weighted by Gasteiger charge is -2.06. The topological polar surface area (TPSA) is 62.5 Å². The lowest BCUT2D eigenvalue weighted by molar-refractivity contribution is 0.282. The average molecular weight is 280 g/mol. The Bertz CT molecular complexity index is 775. The van der Waals surface area contributed by atoms with Crippen LogP contribution in [0.1, 0.15) is 18.4 Å². The van der Waals surface area contributed by atoms with E-state index in [0.717, 1.165) is 28.3 Å². The summed E-state index contributed by atoms with van der Waals surface area (Å²) < 4.78 is 2.05. The second-order valence-electron chi connectivity index (χ2n) is 5.39. The molecule has 1 fully saturated rings. The van der Waals surface area contributed by atoms with Crippen molar-refractivity contribution >= 4 is 11.5 Å². The van der Waals surface area contributed by atoms with Gasteiger partial charge < -0.3 is 10.4 Å². The number of hydrogen-bond acceptors (Lipinski definition) is 4. The van der Waals surface area contributed by atoms with E-state index in [0.29, 0.717) is 6.04 Å². The Balaban J connectivity index is 1.77. The molecule has 2 N–H and O–H groups in total. The molecular weight excluding hydrogens is 264 g/mol. The minimum atomic E-state index is 0.0623. The quantitative estimate of drug-likeness (QED) is 0.770. The number of anilines is 1. The molecule has 4 rings (SSSR count). The van der Waals surface area contributed by atoms with Crippen LogP contribution in [-0.2, 0) is 6.61 Å². The zero-order chi connectivity index (χ0) is 14.2. The normalized spacial score (nSPS) is 14.5. The number of fused-ring (bicyclic) bond motifs is 1. The van der Waals surface area contributed by atoms with Gasteiger partial charge in [-0.1, -0.05) is 24.3 Å². The molecule has 5 heteroatoms. The van der Waals surface area contributed by atoms with Crippen LogP contribution in [0, 0.1) is 0 Å². The molecule has 1 aromatic carbocycles. The van der Waals surface area contributed by atoms with Crippen molar-refractivity contribution in [3.8, 4) is 11.3 Å². The second kappa shape index (κ2) is 4.86. The van der Waals surface area contributed by atoms with E-state index in [1.807, 2.05) is 41.1 Å². The third-order valence-electron chi connectivity index (χ3n) is 3.78. The first-order valence-electron chi connectivity index (χ1n) is 7.14. The molecule has 1 saturated carbocycles. The van der Waals surface area contributed by atoms with Crippen molar-refractivity contribution < 1.29 is 5.11 Å². The van der Waals surface area contributed by atoms with Crippen LogP contribution in [0.25, 0.3) is 16.9 Å². The van der Waals surface area contributed by atoms with Gasteiger partial charge in [0.05, 0.1) is 18.5 Å². The van der Waals surface area contributed by atoms with Crippen molar-refractivity contribution in [2.24, 2.45) is 0 Å². The molecule has 2 aromatic heterocycles. The smallest absolute Gasteiger partial charge is 0.180 e. The van der Waals surface area contributed by atoms with E-state index in [-0.39, 0.29) is 6.61 Å². The van der Waals surface area contributed by atoms with Gasteiger partial charge in [-0.05, 0) is 18.4 Å². The van der Waals surface area contributed by atoms with E-state index in [9.17, 15) is 0 Å². The Labute approximate surface area is 122 Å². The summed E-state index contributed by atoms with van der Waals surface area (Å²) in [6.45, 7) is 0.0623. The molecule has 0 bridgehead atoms. The first-order chi connectivity index (χ1) is 10.3. The van der Waals surface area contributed by atoms with Crippen LogP contribution < -0.4 is 5.32 Å². The maximum absolute atomic E-state index is 9.12. The van der Waals surface area contributed by atoms with Gasteiger partial charge in [-0.2, -0.15) is 0 Å². The average Bonchev–Trinajstić information content (AvgIpc) is 3.24. The third-order valence-corrected chi connectivity index (χ3v) is 3.78. The van der Waals surface area contributed by atoms with Crippen molar-refractivity contribution in [1.29, 1.82) is 0 Å². The number of benzene rings is 1. The number of rotatable bonds is 4. The first-order valence-corrected chi connectivity index (χ1v) is 7.14. The summed E-state index contributed by atoms with van der Waals surface area (Å²) >= 11 is 0. The Morgan fingerprint density at radius 3 is 2.71 bits per heavy atom. The minimum absolute atomic E-state index is 0.0623. The van der Waals surface area contributed by atoms with E-state index >= 15 is 0 Å². The largest absolute Gasteiger partial charge is 0.392 e. The molecule has 0 amide bonds. The molecule has 1 aliphatic carbocycles. The van der Waals surface area contributed by atoms with Gasteiger partial charge in [0.15, 0.2) is 11.5 Å². The van der Waals surface area contributed by atoms with Crippen LogP contribution >= 0.6 is 0 Å². The first kappa shape index (κ1) is 12.3. The van der Waals surface area contributed by atoms with Crippen molar-refractivity contribution in [2.45, 2.75) is 25.5 Å². The highest BCUT2D eigenvalue weighted by Crippen LogP contribution is 2.28. The number of nitrogens with one attached hydrogen (secondary N) is 1. The van der Waals surface area contributed by atoms with Gasteiger partial charge in [-0.15, -0.1) is 0 Å². The molecule has 0 aliphatic heterocycles. The van der Waals surface area contributed by atoms with E-state index in [1.165, 1.54) is 12.8 Å². The number of aromatic nitrogens is 3. The molecule has 2 heterocycles. The Morgan fingerprint density at radius 1 is 1.19 bits per heavy atom. The molecule has 0 saturated heterocycles. The summed E-state index contributed by atoms with van der Waals surface area (Å²) in [5.41, 5.74) is 3.86. The van der Waals surface area contributed by atoms with E-state index in [1.54, 1.807) is 6.20 Å². The molecule has 1 aliphatic rings. The number of hydrogen-bond donors (Lipinski definition) is 2. The predicted molar refractivity (Wildman–Crippen MR) is 81.0 cm³/mol. The summed E-state index contributed by atoms with van der Waals surface area (Å²) in [4.78, 5) is 8.90. The zero-order valence-electron chi connectivity index (χ0n) is 11.5. The van der Waals surface area contributed by atoms with Crippen molar-refractivity contribution in [2.75, 3.05) is 5.32 Å². The van der Waals surface area contributed by atoms with Crippen LogP contribution in [-0.4, -0.2) is 25.5 Å². The summed E-state index contributed by atoms with van der Waals surface area (Å²) in [6.07, 6.45) is 8.00. The zero-order valence-corrected chi connectivity index (χ0v) is 11.5. The van der Waals surface area contributed by atoms with Crippen LogP contribution in [0.2, 0.25) is 0 Å². The van der Waals surface area contributed by atoms with Crippen LogP contribution in [0.3, 0.4) is 0 Å². The van der Waals surface area contributed by atoms with Gasteiger partial charge in [-0.25, -0.2) is 9.97 Å². The highest BCUT2D eigenvalue weighted by Gasteiger charge is 2.23. The van der Waals surface area contributed by atoms with Gasteiger partial charge in [-0.3, -0.25) is 4.40 Å². The molecule has 0 radical (unpaired) electrons. The number of imidazole rings is 1. The Morgan fingerprint density at radius 2 is 2.00 bits per heavy atom.